The summed E-state index contributed by atoms with van der Waals surface area (Å²) >= 11 is 0. The number of aliphatic hydroxyl groups is 1. The third-order valence-electron chi connectivity index (χ3n) is 2.35. The van der Waals surface area contributed by atoms with Crippen LogP contribution in [-0.4, -0.2) is 67.5 Å². The molecular formula is C9H13F6NO4. The van der Waals surface area contributed by atoms with Crippen LogP contribution in [0, 0.1) is 0 Å². The van der Waals surface area contributed by atoms with Gasteiger partial charge in [0.2, 0.25) is 0 Å². The van der Waals surface area contributed by atoms with Crippen LogP contribution >= 0.6 is 0 Å². The van der Waals surface area contributed by atoms with Crippen molar-refractivity contribution in [2.24, 2.45) is 0 Å². The number of carboxylic acid groups (broad SMARTS) is 1. The van der Waals surface area contributed by atoms with E-state index in [0.717, 1.165) is 0 Å². The van der Waals surface area contributed by atoms with E-state index in [-0.39, 0.29) is 11.1 Å². The van der Waals surface area contributed by atoms with Crippen molar-refractivity contribution in [1.29, 1.82) is 0 Å². The van der Waals surface area contributed by atoms with E-state index in [9.17, 15) is 31.4 Å². The highest BCUT2D eigenvalue weighted by molar-refractivity contribution is 5.70. The van der Waals surface area contributed by atoms with Gasteiger partial charge in [0.05, 0.1) is 20.7 Å². The lowest BCUT2D eigenvalue weighted by atomic mass is 10.2. The van der Waals surface area contributed by atoms with Crippen LogP contribution in [-0.2, 0) is 9.53 Å². The largest absolute Gasteiger partial charge is 0.542 e. The smallest absolute Gasteiger partial charge is 0.449 e. The van der Waals surface area contributed by atoms with E-state index in [1.54, 1.807) is 14.1 Å². The Morgan fingerprint density at radius 2 is 1.65 bits per heavy atom. The summed E-state index contributed by atoms with van der Waals surface area (Å²) in [4.78, 5) is 8.78. The molecule has 1 N–H and O–H groups in total. The summed E-state index contributed by atoms with van der Waals surface area (Å²) in [5.74, 6) is -5.98. The topological polar surface area (TPSA) is 69.6 Å². The van der Waals surface area contributed by atoms with Gasteiger partial charge in [-0.2, -0.15) is 26.3 Å². The van der Waals surface area contributed by atoms with Gasteiger partial charge < -0.3 is 24.2 Å². The minimum atomic E-state index is -5.19. The third-order valence-corrected chi connectivity index (χ3v) is 2.35. The fourth-order valence-corrected chi connectivity index (χ4v) is 1.34. The van der Waals surface area contributed by atoms with E-state index in [4.69, 9.17) is 9.90 Å². The molecule has 0 radical (unpaired) electrons. The van der Waals surface area contributed by atoms with Crippen LogP contribution < -0.4 is 5.11 Å². The number of halogens is 6. The molecule has 1 aliphatic heterocycles. The average molecular weight is 313 g/mol. The zero-order valence-electron chi connectivity index (χ0n) is 10.5. The predicted molar refractivity (Wildman–Crippen MR) is 49.9 cm³/mol. The van der Waals surface area contributed by atoms with Crippen molar-refractivity contribution in [2.75, 3.05) is 33.8 Å². The molecular weight excluding hydrogens is 300 g/mol. The Labute approximate surface area is 109 Å². The molecule has 1 rings (SSSR count). The number of hydrogen-bond acceptors (Lipinski definition) is 4. The molecule has 20 heavy (non-hydrogen) atoms. The number of carbonyl (C=O) groups is 1. The van der Waals surface area contributed by atoms with E-state index in [0.29, 0.717) is 6.54 Å². The Bertz CT molecular complexity index is 353. The first kappa shape index (κ1) is 18.9. The SMILES string of the molecule is C[N+]1(C)CCOC(O)(C(F)(F)F)C1.O=C([O-])C(F)(F)F. The minimum absolute atomic E-state index is 0.0803. The molecule has 0 amide bonds. The second kappa shape index (κ2) is 5.74. The summed E-state index contributed by atoms with van der Waals surface area (Å²) in [6, 6.07) is 0. The first-order valence-electron chi connectivity index (χ1n) is 5.14. The molecule has 1 unspecified atom stereocenters. The van der Waals surface area contributed by atoms with Gasteiger partial charge in [0, 0.05) is 0 Å². The van der Waals surface area contributed by atoms with Gasteiger partial charge >= 0.3 is 18.1 Å². The van der Waals surface area contributed by atoms with Gasteiger partial charge in [-0.25, -0.2) is 0 Å². The van der Waals surface area contributed by atoms with Crippen LogP contribution in [0.5, 0.6) is 0 Å². The summed E-state index contributed by atoms with van der Waals surface area (Å²) in [7, 11) is 3.25. The molecule has 0 spiro atoms. The van der Waals surface area contributed by atoms with Gasteiger partial charge in [-0.05, 0) is 0 Å². The second-order valence-corrected chi connectivity index (χ2v) is 4.73. The molecule has 5 nitrogen and oxygen atoms in total. The van der Waals surface area contributed by atoms with Crippen molar-refractivity contribution in [3.05, 3.63) is 0 Å². The highest BCUT2D eigenvalue weighted by Gasteiger charge is 2.61. The van der Waals surface area contributed by atoms with Crippen molar-refractivity contribution in [3.8, 4) is 0 Å². The van der Waals surface area contributed by atoms with E-state index >= 15 is 0 Å². The average Bonchev–Trinajstić information content (AvgIpc) is 2.12. The van der Waals surface area contributed by atoms with Crippen LogP contribution in [0.4, 0.5) is 26.3 Å². The molecule has 1 saturated heterocycles. The highest BCUT2D eigenvalue weighted by Crippen LogP contribution is 2.35. The molecule has 0 aromatic carbocycles. The molecule has 0 saturated carbocycles. The number of nitrogens with zero attached hydrogens (tertiary/aromatic N) is 1. The van der Waals surface area contributed by atoms with Crippen LogP contribution in [0.3, 0.4) is 0 Å². The number of quaternary nitrogens is 1. The Kier molecular flexibility index (Phi) is 5.43. The summed E-state index contributed by atoms with van der Waals surface area (Å²) in [5, 5.41) is 18.0. The Morgan fingerprint density at radius 3 is 1.85 bits per heavy atom. The molecule has 1 heterocycles. The van der Waals surface area contributed by atoms with Crippen molar-refractivity contribution in [1.82, 2.24) is 0 Å². The van der Waals surface area contributed by atoms with E-state index < -0.39 is 30.7 Å². The second-order valence-electron chi connectivity index (χ2n) is 4.73. The number of morpholine rings is 1. The Morgan fingerprint density at radius 1 is 1.25 bits per heavy atom. The number of aliphatic carboxylic acids is 1. The number of hydrogen-bond donors (Lipinski definition) is 1. The summed E-state index contributed by atoms with van der Waals surface area (Å²) in [6.45, 7) is -0.0715. The first-order chi connectivity index (χ1) is 8.61. The Balaban J connectivity index is 0.000000441. The lowest BCUT2D eigenvalue weighted by Crippen LogP contribution is -2.65. The van der Waals surface area contributed by atoms with Crippen molar-refractivity contribution in [3.63, 3.8) is 0 Å². The first-order valence-corrected chi connectivity index (χ1v) is 5.14. The molecule has 11 heteroatoms. The molecule has 120 valence electrons. The number of alkyl halides is 6. The van der Waals surface area contributed by atoms with E-state index in [1.165, 1.54) is 0 Å². The van der Waals surface area contributed by atoms with Crippen LogP contribution in [0.1, 0.15) is 0 Å². The molecule has 0 aliphatic carbocycles. The molecule has 0 aromatic heterocycles. The maximum Gasteiger partial charge on any atom is 0.449 e. The standard InChI is InChI=1S/C7H13F3NO2.C2HF3O2/c1-11(2)3-4-13-6(12,5-11)7(8,9)10;3-2(4,5)1(6)7/h12H,3-5H2,1-2H3;(H,6,7)/q+1;/p-1. The number of likely N-dealkylation sites (N-methyl/N-ethyl adjacent to an activating group) is 1. The maximum absolute atomic E-state index is 12.3. The third kappa shape index (κ3) is 5.51. The van der Waals surface area contributed by atoms with Crippen molar-refractivity contribution >= 4 is 5.97 Å². The number of carboxylic acids is 1. The zero-order valence-corrected chi connectivity index (χ0v) is 10.5. The quantitative estimate of drug-likeness (QED) is 0.490. The lowest BCUT2D eigenvalue weighted by Gasteiger charge is -2.42. The van der Waals surface area contributed by atoms with Gasteiger partial charge in [-0.1, -0.05) is 0 Å². The van der Waals surface area contributed by atoms with Crippen LogP contribution in [0.25, 0.3) is 0 Å². The van der Waals surface area contributed by atoms with E-state index in [1.807, 2.05) is 0 Å². The predicted octanol–water partition coefficient (Wildman–Crippen LogP) is -0.358. The zero-order chi connectivity index (χ0) is 16.4. The molecule has 1 aliphatic rings. The number of ether oxygens (including phenoxy) is 1. The molecule has 0 bridgehead atoms. The number of carbonyl (C=O) groups excluding carboxylic acids is 1. The summed E-state index contributed by atoms with van der Waals surface area (Å²) in [5.41, 5.74) is 0. The van der Waals surface area contributed by atoms with E-state index in [2.05, 4.69) is 4.74 Å². The fourth-order valence-electron chi connectivity index (χ4n) is 1.34. The monoisotopic (exact) mass is 313 g/mol. The maximum atomic E-state index is 12.3. The van der Waals surface area contributed by atoms with Gasteiger partial charge in [0.1, 0.15) is 19.1 Å². The summed E-state index contributed by atoms with van der Waals surface area (Å²) in [6.07, 6.45) is -9.91. The van der Waals surface area contributed by atoms with Crippen LogP contribution in [0.2, 0.25) is 0 Å². The molecule has 1 fully saturated rings. The van der Waals surface area contributed by atoms with Gasteiger partial charge in [0.15, 0.2) is 0 Å². The number of rotatable bonds is 0. The van der Waals surface area contributed by atoms with Crippen molar-refractivity contribution < 1.29 is 50.6 Å². The highest BCUT2D eigenvalue weighted by atomic mass is 19.4. The Hall–Kier alpha value is -1.07. The summed E-state index contributed by atoms with van der Waals surface area (Å²) < 4.78 is 72.9. The molecule has 1 atom stereocenters. The van der Waals surface area contributed by atoms with Crippen LogP contribution in [0.15, 0.2) is 0 Å². The van der Waals surface area contributed by atoms with Gasteiger partial charge in [-0.3, -0.25) is 0 Å². The molecule has 0 aromatic rings. The van der Waals surface area contributed by atoms with Crippen molar-refractivity contribution in [2.45, 2.75) is 18.1 Å². The minimum Gasteiger partial charge on any atom is -0.542 e. The van der Waals surface area contributed by atoms with Gasteiger partial charge in [0.25, 0.3) is 0 Å². The normalized spacial score (nSPS) is 26.4. The lowest BCUT2D eigenvalue weighted by molar-refractivity contribution is -0.914. The fraction of sp³-hybridized carbons (Fsp3) is 0.889. The van der Waals surface area contributed by atoms with Gasteiger partial charge in [-0.15, -0.1) is 0 Å².